The molecule has 0 unspecified atom stereocenters. The van der Waals surface area contributed by atoms with Gasteiger partial charge in [-0.2, -0.15) is 0 Å². The zero-order valence-electron chi connectivity index (χ0n) is 6.46. The molecule has 0 saturated heterocycles. The van der Waals surface area contributed by atoms with Gasteiger partial charge in [0.25, 0.3) is 5.91 Å². The highest BCUT2D eigenvalue weighted by atomic mass is 32.1. The second-order valence-corrected chi connectivity index (χ2v) is 2.92. The van der Waals surface area contributed by atoms with Crippen molar-refractivity contribution in [2.75, 3.05) is 12.4 Å². The first kappa shape index (κ1) is 8.73. The Morgan fingerprint density at radius 1 is 1.67 bits per heavy atom. The zero-order chi connectivity index (χ0) is 8.97. The van der Waals surface area contributed by atoms with E-state index in [1.807, 2.05) is 0 Å². The molecule has 0 bridgehead atoms. The van der Waals surface area contributed by atoms with Gasteiger partial charge in [-0.3, -0.25) is 14.9 Å². The minimum atomic E-state index is -0.379. The summed E-state index contributed by atoms with van der Waals surface area (Å²) in [5.41, 5.74) is 0.495. The number of hydrogen-bond donors (Lipinski definition) is 2. The molecule has 2 N–H and O–H groups in total. The molecule has 0 aliphatic rings. The Labute approximate surface area is 73.6 Å². The van der Waals surface area contributed by atoms with Gasteiger partial charge in [0.15, 0.2) is 0 Å². The van der Waals surface area contributed by atoms with Gasteiger partial charge in [0.05, 0.1) is 5.56 Å². The normalized spacial score (nSPS) is 9.08. The molecule has 0 spiro atoms. The Balaban J connectivity index is 2.85. The molecule has 1 heterocycles. The number of rotatable bonds is 3. The van der Waals surface area contributed by atoms with Gasteiger partial charge in [-0.15, -0.1) is 11.3 Å². The Kier molecular flexibility index (Phi) is 2.82. The van der Waals surface area contributed by atoms with Crippen LogP contribution in [0.2, 0.25) is 0 Å². The summed E-state index contributed by atoms with van der Waals surface area (Å²) in [6.07, 6.45) is 0.374. The number of amides is 2. The lowest BCUT2D eigenvalue weighted by atomic mass is 10.3. The van der Waals surface area contributed by atoms with Gasteiger partial charge in [0.2, 0.25) is 6.41 Å². The SMILES string of the molecule is CNc1sccc1C(=O)NC=O. The molecule has 1 rings (SSSR count). The van der Waals surface area contributed by atoms with Crippen LogP contribution in [0, 0.1) is 0 Å². The van der Waals surface area contributed by atoms with Gasteiger partial charge < -0.3 is 5.32 Å². The fourth-order valence-electron chi connectivity index (χ4n) is 0.813. The first-order valence-corrected chi connectivity index (χ1v) is 4.17. The number of anilines is 1. The lowest BCUT2D eigenvalue weighted by molar-refractivity contribution is -0.108. The van der Waals surface area contributed by atoms with Crippen LogP contribution in [0.5, 0.6) is 0 Å². The van der Waals surface area contributed by atoms with Crippen molar-refractivity contribution < 1.29 is 9.59 Å². The molecule has 0 aliphatic heterocycles. The van der Waals surface area contributed by atoms with Gasteiger partial charge in [0.1, 0.15) is 5.00 Å². The van der Waals surface area contributed by atoms with E-state index in [0.29, 0.717) is 12.0 Å². The number of thiophene rings is 1. The summed E-state index contributed by atoms with van der Waals surface area (Å²) in [5, 5.41) is 7.47. The summed E-state index contributed by atoms with van der Waals surface area (Å²) in [7, 11) is 1.73. The van der Waals surface area contributed by atoms with E-state index in [4.69, 9.17) is 0 Å². The number of nitrogens with one attached hydrogen (secondary N) is 2. The topological polar surface area (TPSA) is 58.2 Å². The van der Waals surface area contributed by atoms with Gasteiger partial charge in [-0.1, -0.05) is 0 Å². The number of imide groups is 1. The first-order valence-electron chi connectivity index (χ1n) is 3.29. The van der Waals surface area contributed by atoms with E-state index in [2.05, 4.69) is 10.6 Å². The zero-order valence-corrected chi connectivity index (χ0v) is 7.27. The van der Waals surface area contributed by atoms with E-state index >= 15 is 0 Å². The second-order valence-electron chi connectivity index (χ2n) is 2.00. The molecular weight excluding hydrogens is 176 g/mol. The molecule has 0 fully saturated rings. The van der Waals surface area contributed by atoms with Crippen molar-refractivity contribution in [3.8, 4) is 0 Å². The molecule has 64 valence electrons. The highest BCUT2D eigenvalue weighted by Gasteiger charge is 2.10. The molecule has 1 aromatic rings. The Morgan fingerprint density at radius 2 is 2.42 bits per heavy atom. The van der Waals surface area contributed by atoms with Crippen molar-refractivity contribution >= 4 is 28.7 Å². The van der Waals surface area contributed by atoms with Crippen LogP contribution >= 0.6 is 11.3 Å². The quantitative estimate of drug-likeness (QED) is 0.679. The molecule has 4 nitrogen and oxygen atoms in total. The maximum absolute atomic E-state index is 11.1. The van der Waals surface area contributed by atoms with Crippen LogP contribution in [-0.4, -0.2) is 19.4 Å². The Bertz CT molecular complexity index is 295. The molecule has 0 aromatic carbocycles. The van der Waals surface area contributed by atoms with Crippen LogP contribution in [0.4, 0.5) is 5.00 Å². The molecular formula is C7H8N2O2S. The second kappa shape index (κ2) is 3.87. The number of carbonyl (C=O) groups is 2. The van der Waals surface area contributed by atoms with Crippen molar-refractivity contribution in [1.82, 2.24) is 5.32 Å². The highest BCUT2D eigenvalue weighted by molar-refractivity contribution is 7.14. The predicted octanol–water partition coefficient (Wildman–Crippen LogP) is 0.676. The van der Waals surface area contributed by atoms with Crippen LogP contribution in [0.3, 0.4) is 0 Å². The molecule has 1 aromatic heterocycles. The molecule has 0 aliphatic carbocycles. The molecule has 0 saturated carbocycles. The third-order valence-corrected chi connectivity index (χ3v) is 2.26. The molecule has 2 amide bonds. The fourth-order valence-corrected chi connectivity index (χ4v) is 1.56. The van der Waals surface area contributed by atoms with E-state index < -0.39 is 0 Å². The van der Waals surface area contributed by atoms with Crippen LogP contribution in [0.1, 0.15) is 10.4 Å². The third kappa shape index (κ3) is 1.62. The minimum Gasteiger partial charge on any atom is -0.379 e. The van der Waals surface area contributed by atoms with Crippen molar-refractivity contribution in [2.45, 2.75) is 0 Å². The van der Waals surface area contributed by atoms with Crippen molar-refractivity contribution in [3.63, 3.8) is 0 Å². The third-order valence-electron chi connectivity index (χ3n) is 1.33. The predicted molar refractivity (Wildman–Crippen MR) is 47.4 cm³/mol. The molecule has 12 heavy (non-hydrogen) atoms. The maximum atomic E-state index is 11.1. The van der Waals surface area contributed by atoms with Crippen molar-refractivity contribution in [3.05, 3.63) is 17.0 Å². The van der Waals surface area contributed by atoms with Gasteiger partial charge in [0, 0.05) is 7.05 Å². The van der Waals surface area contributed by atoms with Crippen molar-refractivity contribution in [1.29, 1.82) is 0 Å². The summed E-state index contributed by atoms with van der Waals surface area (Å²) in [4.78, 5) is 21.1. The summed E-state index contributed by atoms with van der Waals surface area (Å²) in [5.74, 6) is -0.379. The summed E-state index contributed by atoms with van der Waals surface area (Å²) >= 11 is 1.42. The lowest BCUT2D eigenvalue weighted by Crippen LogP contribution is -2.21. The first-order chi connectivity index (χ1) is 5.79. The van der Waals surface area contributed by atoms with Crippen LogP contribution in [0.15, 0.2) is 11.4 Å². The van der Waals surface area contributed by atoms with E-state index in [1.165, 1.54) is 11.3 Å². The smallest absolute Gasteiger partial charge is 0.260 e. The van der Waals surface area contributed by atoms with E-state index in [9.17, 15) is 9.59 Å². The van der Waals surface area contributed by atoms with Gasteiger partial charge in [-0.25, -0.2) is 0 Å². The standard InChI is InChI=1S/C7H8N2O2S/c1-8-7-5(2-3-12-7)6(11)9-4-10/h2-4,8H,1H3,(H,9,10,11). The lowest BCUT2D eigenvalue weighted by Gasteiger charge is -1.99. The summed E-state index contributed by atoms with van der Waals surface area (Å²) in [6.45, 7) is 0. The van der Waals surface area contributed by atoms with E-state index in [1.54, 1.807) is 18.5 Å². The average Bonchev–Trinajstić information content (AvgIpc) is 2.51. The Hall–Kier alpha value is -1.36. The van der Waals surface area contributed by atoms with Crippen molar-refractivity contribution in [2.24, 2.45) is 0 Å². The minimum absolute atomic E-state index is 0.374. The highest BCUT2D eigenvalue weighted by Crippen LogP contribution is 2.21. The summed E-state index contributed by atoms with van der Waals surface area (Å²) in [6, 6.07) is 1.66. The van der Waals surface area contributed by atoms with Gasteiger partial charge in [-0.05, 0) is 11.4 Å². The number of hydrogen-bond acceptors (Lipinski definition) is 4. The van der Waals surface area contributed by atoms with E-state index in [-0.39, 0.29) is 5.91 Å². The molecule has 0 atom stereocenters. The molecule has 5 heteroatoms. The van der Waals surface area contributed by atoms with Gasteiger partial charge >= 0.3 is 0 Å². The maximum Gasteiger partial charge on any atom is 0.260 e. The van der Waals surface area contributed by atoms with Crippen LogP contribution in [-0.2, 0) is 4.79 Å². The van der Waals surface area contributed by atoms with E-state index in [0.717, 1.165) is 5.00 Å². The number of carbonyl (C=O) groups excluding carboxylic acids is 2. The monoisotopic (exact) mass is 184 g/mol. The molecule has 0 radical (unpaired) electrons. The average molecular weight is 184 g/mol. The Morgan fingerprint density at radius 3 is 3.00 bits per heavy atom. The summed E-state index contributed by atoms with van der Waals surface area (Å²) < 4.78 is 0. The largest absolute Gasteiger partial charge is 0.379 e. The van der Waals surface area contributed by atoms with Crippen LogP contribution < -0.4 is 10.6 Å². The van der Waals surface area contributed by atoms with Crippen LogP contribution in [0.25, 0.3) is 0 Å². The fraction of sp³-hybridized carbons (Fsp3) is 0.143.